The molecule has 2 aromatic rings. The minimum atomic E-state index is 0.721. The molecule has 1 aliphatic rings. The van der Waals surface area contributed by atoms with Crippen LogP contribution in [0.5, 0.6) is 0 Å². The molecule has 0 radical (unpaired) electrons. The molecule has 0 unspecified atom stereocenters. The molecule has 0 bridgehead atoms. The Kier molecular flexibility index (Phi) is 1.68. The van der Waals surface area contributed by atoms with Gasteiger partial charge in [-0.05, 0) is 24.8 Å². The van der Waals surface area contributed by atoms with Crippen molar-refractivity contribution in [3.63, 3.8) is 0 Å². The van der Waals surface area contributed by atoms with Crippen LogP contribution in [-0.4, -0.2) is 9.97 Å². The Labute approximate surface area is 85.1 Å². The van der Waals surface area contributed by atoms with E-state index in [2.05, 4.69) is 21.5 Å². The summed E-state index contributed by atoms with van der Waals surface area (Å²) in [6.07, 6.45) is 4.17. The van der Waals surface area contributed by atoms with Gasteiger partial charge >= 0.3 is 0 Å². The molecule has 0 amide bonds. The highest BCUT2D eigenvalue weighted by atomic mass is 32.1. The third kappa shape index (κ3) is 1.17. The van der Waals surface area contributed by atoms with Gasteiger partial charge < -0.3 is 5.43 Å². The number of nitrogens with two attached hydrogens (primary N) is 1. The van der Waals surface area contributed by atoms with Crippen molar-refractivity contribution in [2.24, 2.45) is 5.84 Å². The zero-order chi connectivity index (χ0) is 9.54. The number of hydrogen-bond donors (Lipinski definition) is 2. The summed E-state index contributed by atoms with van der Waals surface area (Å²) in [4.78, 5) is 10.7. The molecule has 72 valence electrons. The highest BCUT2D eigenvalue weighted by Crippen LogP contribution is 2.45. The van der Waals surface area contributed by atoms with Crippen molar-refractivity contribution in [3.05, 3.63) is 17.3 Å². The lowest BCUT2D eigenvalue weighted by molar-refractivity contribution is 1.18. The van der Waals surface area contributed by atoms with Gasteiger partial charge in [0.15, 0.2) is 5.82 Å². The quantitative estimate of drug-likeness (QED) is 0.581. The molecule has 14 heavy (non-hydrogen) atoms. The van der Waals surface area contributed by atoms with Gasteiger partial charge in [-0.25, -0.2) is 15.8 Å². The van der Waals surface area contributed by atoms with Crippen LogP contribution in [0.2, 0.25) is 0 Å². The Bertz CT molecular complexity index is 475. The van der Waals surface area contributed by atoms with Crippen molar-refractivity contribution < 1.29 is 0 Å². The van der Waals surface area contributed by atoms with Crippen molar-refractivity contribution in [2.45, 2.75) is 18.8 Å². The lowest BCUT2D eigenvalue weighted by atomic mass is 10.3. The number of hydrazine groups is 1. The van der Waals surface area contributed by atoms with Crippen molar-refractivity contribution in [3.8, 4) is 0 Å². The molecule has 2 aromatic heterocycles. The number of nitrogens with one attached hydrogen (secondary N) is 1. The number of anilines is 1. The van der Waals surface area contributed by atoms with Crippen LogP contribution in [0.3, 0.4) is 0 Å². The van der Waals surface area contributed by atoms with Gasteiger partial charge in [-0.1, -0.05) is 0 Å². The van der Waals surface area contributed by atoms with E-state index in [0.29, 0.717) is 0 Å². The monoisotopic (exact) mass is 206 g/mol. The molecule has 0 spiro atoms. The van der Waals surface area contributed by atoms with E-state index in [4.69, 9.17) is 5.84 Å². The Morgan fingerprint density at radius 3 is 3.00 bits per heavy atom. The summed E-state index contributed by atoms with van der Waals surface area (Å²) in [6.45, 7) is 0. The van der Waals surface area contributed by atoms with E-state index in [1.165, 1.54) is 17.7 Å². The zero-order valence-electron chi connectivity index (χ0n) is 7.53. The highest BCUT2D eigenvalue weighted by molar-refractivity contribution is 7.18. The molecule has 4 nitrogen and oxygen atoms in total. The van der Waals surface area contributed by atoms with Crippen molar-refractivity contribution in [1.82, 2.24) is 9.97 Å². The number of fused-ring (bicyclic) bond motifs is 1. The van der Waals surface area contributed by atoms with E-state index in [9.17, 15) is 0 Å². The fourth-order valence-corrected chi connectivity index (χ4v) is 2.73. The normalized spacial score (nSPS) is 16.1. The maximum absolute atomic E-state index is 5.38. The number of nitrogens with zero attached hydrogens (tertiary/aromatic N) is 2. The fraction of sp³-hybridized carbons (Fsp3) is 0.333. The second-order valence-electron chi connectivity index (χ2n) is 3.51. The van der Waals surface area contributed by atoms with Crippen LogP contribution in [0.4, 0.5) is 5.82 Å². The average molecular weight is 206 g/mol. The molecule has 1 saturated carbocycles. The van der Waals surface area contributed by atoms with Gasteiger partial charge in [-0.2, -0.15) is 0 Å². The SMILES string of the molecule is NNc1ncnc2sc(C3CC3)cc12. The molecule has 0 aromatic carbocycles. The molecule has 3 rings (SSSR count). The first-order chi connectivity index (χ1) is 6.88. The van der Waals surface area contributed by atoms with Crippen molar-refractivity contribution >= 4 is 27.4 Å². The van der Waals surface area contributed by atoms with Gasteiger partial charge in [0.2, 0.25) is 0 Å². The van der Waals surface area contributed by atoms with Gasteiger partial charge in [-0.3, -0.25) is 0 Å². The number of hydrogen-bond acceptors (Lipinski definition) is 5. The van der Waals surface area contributed by atoms with Crippen LogP contribution in [0.1, 0.15) is 23.6 Å². The van der Waals surface area contributed by atoms with E-state index >= 15 is 0 Å². The highest BCUT2D eigenvalue weighted by Gasteiger charge is 2.26. The zero-order valence-corrected chi connectivity index (χ0v) is 8.34. The minimum absolute atomic E-state index is 0.721. The Morgan fingerprint density at radius 1 is 1.43 bits per heavy atom. The lowest BCUT2D eigenvalue weighted by Gasteiger charge is -1.97. The molecular formula is C9H10N4S. The first-order valence-electron chi connectivity index (χ1n) is 4.59. The number of aromatic nitrogens is 2. The summed E-state index contributed by atoms with van der Waals surface area (Å²) in [5.74, 6) is 6.87. The summed E-state index contributed by atoms with van der Waals surface area (Å²) < 4.78 is 0. The molecule has 0 saturated heterocycles. The first-order valence-corrected chi connectivity index (χ1v) is 5.41. The molecule has 1 fully saturated rings. The number of thiophene rings is 1. The van der Waals surface area contributed by atoms with E-state index in [0.717, 1.165) is 22.0 Å². The first kappa shape index (κ1) is 8.14. The number of nitrogen functional groups attached to an aromatic ring is 1. The predicted octanol–water partition coefficient (Wildman–Crippen LogP) is 1.85. The molecule has 1 aliphatic carbocycles. The van der Waals surface area contributed by atoms with Gasteiger partial charge in [-0.15, -0.1) is 11.3 Å². The third-order valence-corrected chi connectivity index (χ3v) is 3.67. The van der Waals surface area contributed by atoms with Crippen molar-refractivity contribution in [2.75, 3.05) is 5.43 Å². The van der Waals surface area contributed by atoms with Crippen LogP contribution < -0.4 is 11.3 Å². The summed E-state index contributed by atoms with van der Waals surface area (Å²) >= 11 is 1.75. The van der Waals surface area contributed by atoms with E-state index < -0.39 is 0 Å². The van der Waals surface area contributed by atoms with Gasteiger partial charge in [0, 0.05) is 4.88 Å². The summed E-state index contributed by atoms with van der Waals surface area (Å²) in [5.41, 5.74) is 2.60. The smallest absolute Gasteiger partial charge is 0.152 e. The van der Waals surface area contributed by atoms with Crippen LogP contribution in [-0.2, 0) is 0 Å². The third-order valence-electron chi connectivity index (χ3n) is 2.46. The topological polar surface area (TPSA) is 63.8 Å². The minimum Gasteiger partial charge on any atom is -0.308 e. The molecule has 3 N–H and O–H groups in total. The second-order valence-corrected chi connectivity index (χ2v) is 4.57. The molecule has 2 heterocycles. The Hall–Kier alpha value is -1.20. The van der Waals surface area contributed by atoms with Crippen LogP contribution >= 0.6 is 11.3 Å². The number of rotatable bonds is 2. The Morgan fingerprint density at radius 2 is 2.29 bits per heavy atom. The van der Waals surface area contributed by atoms with Crippen LogP contribution in [0.25, 0.3) is 10.2 Å². The molecule has 0 atom stereocenters. The van der Waals surface area contributed by atoms with Crippen LogP contribution in [0.15, 0.2) is 12.4 Å². The van der Waals surface area contributed by atoms with E-state index in [1.807, 2.05) is 0 Å². The Balaban J connectivity index is 2.20. The lowest BCUT2D eigenvalue weighted by Crippen LogP contribution is -2.08. The predicted molar refractivity (Wildman–Crippen MR) is 57.2 cm³/mol. The van der Waals surface area contributed by atoms with Crippen molar-refractivity contribution in [1.29, 1.82) is 0 Å². The molecular weight excluding hydrogens is 196 g/mol. The maximum atomic E-state index is 5.38. The van der Waals surface area contributed by atoms with Gasteiger partial charge in [0.1, 0.15) is 11.2 Å². The van der Waals surface area contributed by atoms with Gasteiger partial charge in [0.05, 0.1) is 5.39 Å². The summed E-state index contributed by atoms with van der Waals surface area (Å²) in [6, 6.07) is 2.16. The standard InChI is InChI=1S/C9H10N4S/c10-13-8-6-3-7(5-1-2-5)14-9(6)12-4-11-8/h3-5H,1-2,10H2,(H,11,12,13). The molecule has 0 aliphatic heterocycles. The van der Waals surface area contributed by atoms with Crippen LogP contribution in [0, 0.1) is 0 Å². The fourth-order valence-electron chi connectivity index (χ4n) is 1.56. The van der Waals surface area contributed by atoms with E-state index in [-0.39, 0.29) is 0 Å². The average Bonchev–Trinajstić information content (AvgIpc) is 2.97. The summed E-state index contributed by atoms with van der Waals surface area (Å²) in [7, 11) is 0. The second kappa shape index (κ2) is 2.90. The molecule has 5 heteroatoms. The van der Waals surface area contributed by atoms with E-state index in [1.54, 1.807) is 17.7 Å². The maximum Gasteiger partial charge on any atom is 0.152 e. The van der Waals surface area contributed by atoms with Gasteiger partial charge in [0.25, 0.3) is 0 Å². The largest absolute Gasteiger partial charge is 0.308 e. The summed E-state index contributed by atoms with van der Waals surface area (Å²) in [5, 5.41) is 1.04.